The fourth-order valence-electron chi connectivity index (χ4n) is 1.16. The van der Waals surface area contributed by atoms with E-state index in [1.165, 1.54) is 24.3 Å². The Balaban J connectivity index is 0.00000324. The van der Waals surface area contributed by atoms with Crippen LogP contribution in [0, 0.1) is 0 Å². The molecule has 0 radical (unpaired) electrons. The molecule has 1 amide bonds. The number of hydrogen-bond acceptors (Lipinski definition) is 5. The minimum atomic E-state index is -3.71. The van der Waals surface area contributed by atoms with E-state index in [0.717, 1.165) is 0 Å². The highest BCUT2D eigenvalue weighted by molar-refractivity contribution is 7.91. The van der Waals surface area contributed by atoms with E-state index in [1.54, 1.807) is 0 Å². The number of aliphatic hydroxyl groups excluding tert-OH is 1. The van der Waals surface area contributed by atoms with Crippen LogP contribution in [-0.4, -0.2) is 36.4 Å². The van der Waals surface area contributed by atoms with Crippen molar-refractivity contribution < 1.29 is 28.2 Å². The molecular weight excluding hydrogens is 274 g/mol. The van der Waals surface area contributed by atoms with Gasteiger partial charge >= 0.3 is 5.97 Å². The number of nitrogens with one attached hydrogen (secondary N) is 1. The second kappa shape index (κ2) is 6.86. The first-order valence-electron chi connectivity index (χ1n) is 4.80. The van der Waals surface area contributed by atoms with Crippen LogP contribution < -0.4 is 5.32 Å². The molecule has 0 spiro atoms. The summed E-state index contributed by atoms with van der Waals surface area (Å²) in [5.74, 6) is -2.97. The number of benzene rings is 1. The average molecular weight is 289 g/mol. The van der Waals surface area contributed by atoms with Crippen molar-refractivity contribution in [2.75, 3.05) is 11.3 Å². The number of hydrogen-bond donors (Lipinski definition) is 3. The summed E-state index contributed by atoms with van der Waals surface area (Å²) in [6, 6.07) is 5.04. The number of carbonyl (C=O) groups is 2. The summed E-state index contributed by atoms with van der Waals surface area (Å²) in [6.07, 6.45) is -0.670. The largest absolute Gasteiger partial charge is 0.481 e. The van der Waals surface area contributed by atoms with Crippen molar-refractivity contribution >= 4 is 27.4 Å². The molecule has 1 aromatic rings. The molecule has 0 unspecified atom stereocenters. The molecule has 0 atom stereocenters. The van der Waals surface area contributed by atoms with Gasteiger partial charge in [0.2, 0.25) is 15.7 Å². The summed E-state index contributed by atoms with van der Waals surface area (Å²) in [4.78, 5) is 21.3. The van der Waals surface area contributed by atoms with Gasteiger partial charge in [-0.15, -0.1) is 0 Å². The molecule has 7 nitrogen and oxygen atoms in total. The minimum Gasteiger partial charge on any atom is -0.481 e. The zero-order valence-corrected chi connectivity index (χ0v) is 9.98. The standard InChI is InChI=1S/C10H11NO6S.CH4/c12-6-18(16,17)8-3-1-7(2-4-8)11-9(13)5-10(14)15;/h1-4,12H,5-6H2,(H,11,13)(H,14,15);1H4. The smallest absolute Gasteiger partial charge is 0.312 e. The molecule has 0 aliphatic heterocycles. The van der Waals surface area contributed by atoms with Gasteiger partial charge in [-0.2, -0.15) is 0 Å². The first-order chi connectivity index (χ1) is 8.35. The second-order valence-corrected chi connectivity index (χ2v) is 5.35. The molecule has 0 saturated heterocycles. The zero-order chi connectivity index (χ0) is 13.8. The monoisotopic (exact) mass is 289 g/mol. The van der Waals surface area contributed by atoms with Crippen molar-refractivity contribution in [1.82, 2.24) is 0 Å². The topological polar surface area (TPSA) is 121 Å². The van der Waals surface area contributed by atoms with Gasteiger partial charge < -0.3 is 15.5 Å². The highest BCUT2D eigenvalue weighted by atomic mass is 32.2. The minimum absolute atomic E-state index is 0. The molecule has 8 heteroatoms. The lowest BCUT2D eigenvalue weighted by atomic mass is 10.3. The number of carboxylic acids is 1. The Morgan fingerprint density at radius 1 is 1.16 bits per heavy atom. The van der Waals surface area contributed by atoms with Crippen LogP contribution in [0.25, 0.3) is 0 Å². The van der Waals surface area contributed by atoms with Crippen LogP contribution in [-0.2, 0) is 19.4 Å². The summed E-state index contributed by atoms with van der Waals surface area (Å²) in [7, 11) is -3.71. The zero-order valence-electron chi connectivity index (χ0n) is 9.16. The summed E-state index contributed by atoms with van der Waals surface area (Å²) >= 11 is 0. The number of rotatable bonds is 5. The van der Waals surface area contributed by atoms with Gasteiger partial charge in [-0.25, -0.2) is 8.42 Å². The second-order valence-electron chi connectivity index (χ2n) is 3.39. The highest BCUT2D eigenvalue weighted by Crippen LogP contribution is 2.15. The van der Waals surface area contributed by atoms with E-state index in [1.807, 2.05) is 0 Å². The molecule has 19 heavy (non-hydrogen) atoms. The predicted molar refractivity (Wildman–Crippen MR) is 68.3 cm³/mol. The maximum atomic E-state index is 11.3. The van der Waals surface area contributed by atoms with Crippen molar-refractivity contribution in [2.24, 2.45) is 0 Å². The number of carbonyl (C=O) groups excluding carboxylic acids is 1. The fraction of sp³-hybridized carbons (Fsp3) is 0.273. The first kappa shape index (κ1) is 17.1. The van der Waals surface area contributed by atoms with E-state index in [4.69, 9.17) is 10.2 Å². The van der Waals surface area contributed by atoms with E-state index in [-0.39, 0.29) is 18.0 Å². The van der Waals surface area contributed by atoms with Crippen LogP contribution in [0.2, 0.25) is 0 Å². The van der Waals surface area contributed by atoms with E-state index in [0.29, 0.717) is 0 Å². The Kier molecular flexibility index (Phi) is 6.16. The summed E-state index contributed by atoms with van der Waals surface area (Å²) in [6.45, 7) is 0. The van der Waals surface area contributed by atoms with Gasteiger partial charge in [0.1, 0.15) is 12.4 Å². The predicted octanol–water partition coefficient (Wildman–Crippen LogP) is 0.459. The maximum absolute atomic E-state index is 11.3. The molecule has 106 valence electrons. The molecule has 1 rings (SSSR count). The van der Waals surface area contributed by atoms with Crippen LogP contribution in [0.1, 0.15) is 13.8 Å². The summed E-state index contributed by atoms with van der Waals surface area (Å²) in [5.41, 5.74) is 0.276. The molecule has 0 heterocycles. The van der Waals surface area contributed by atoms with E-state index in [9.17, 15) is 18.0 Å². The number of aliphatic carboxylic acids is 1. The van der Waals surface area contributed by atoms with Gasteiger partial charge in [0, 0.05) is 5.69 Å². The molecule has 0 saturated carbocycles. The summed E-state index contributed by atoms with van der Waals surface area (Å²) < 4.78 is 22.5. The van der Waals surface area contributed by atoms with Crippen LogP contribution >= 0.6 is 0 Å². The van der Waals surface area contributed by atoms with Crippen LogP contribution in [0.4, 0.5) is 5.69 Å². The van der Waals surface area contributed by atoms with E-state index in [2.05, 4.69) is 5.32 Å². The van der Waals surface area contributed by atoms with Crippen LogP contribution in [0.15, 0.2) is 29.2 Å². The van der Waals surface area contributed by atoms with Gasteiger partial charge in [0.25, 0.3) is 0 Å². The van der Waals surface area contributed by atoms with Gasteiger partial charge in [0.15, 0.2) is 0 Å². The third-order valence-corrected chi connectivity index (χ3v) is 3.31. The third-order valence-electron chi connectivity index (χ3n) is 1.98. The lowest BCUT2D eigenvalue weighted by molar-refractivity contribution is -0.139. The Bertz CT molecular complexity index is 549. The average Bonchev–Trinajstić information content (AvgIpc) is 2.28. The Hall–Kier alpha value is -1.93. The van der Waals surface area contributed by atoms with Gasteiger partial charge in [0.05, 0.1) is 4.90 Å². The Morgan fingerprint density at radius 3 is 2.11 bits per heavy atom. The molecule has 0 fully saturated rings. The van der Waals surface area contributed by atoms with Crippen molar-refractivity contribution in [3.63, 3.8) is 0 Å². The van der Waals surface area contributed by atoms with Crippen molar-refractivity contribution in [2.45, 2.75) is 18.7 Å². The number of aliphatic hydroxyl groups is 1. The molecule has 0 aliphatic carbocycles. The lowest BCUT2D eigenvalue weighted by Gasteiger charge is -2.05. The summed E-state index contributed by atoms with van der Waals surface area (Å²) in [5, 5.41) is 19.3. The molecule has 0 aromatic heterocycles. The van der Waals surface area contributed by atoms with E-state index < -0.39 is 34.1 Å². The Morgan fingerprint density at radius 2 is 1.68 bits per heavy atom. The van der Waals surface area contributed by atoms with Crippen molar-refractivity contribution in [1.29, 1.82) is 0 Å². The third kappa shape index (κ3) is 5.06. The number of carboxylic acid groups (broad SMARTS) is 1. The van der Waals surface area contributed by atoms with Crippen LogP contribution in [0.5, 0.6) is 0 Å². The van der Waals surface area contributed by atoms with E-state index >= 15 is 0 Å². The maximum Gasteiger partial charge on any atom is 0.312 e. The SMILES string of the molecule is C.O=C(O)CC(=O)Nc1ccc(S(=O)(=O)CO)cc1. The number of anilines is 1. The highest BCUT2D eigenvalue weighted by Gasteiger charge is 2.13. The van der Waals surface area contributed by atoms with Gasteiger partial charge in [-0.05, 0) is 24.3 Å². The number of amides is 1. The molecule has 0 aliphatic rings. The molecular formula is C11H15NO6S. The molecule has 3 N–H and O–H groups in total. The van der Waals surface area contributed by atoms with Crippen molar-refractivity contribution in [3.8, 4) is 0 Å². The fourth-order valence-corrected chi connectivity index (χ4v) is 1.86. The van der Waals surface area contributed by atoms with Crippen molar-refractivity contribution in [3.05, 3.63) is 24.3 Å². The first-order valence-corrected chi connectivity index (χ1v) is 6.45. The Labute approximate surface area is 110 Å². The van der Waals surface area contributed by atoms with Crippen LogP contribution in [0.3, 0.4) is 0 Å². The lowest BCUT2D eigenvalue weighted by Crippen LogP contribution is -2.16. The van der Waals surface area contributed by atoms with Gasteiger partial charge in [-0.1, -0.05) is 7.43 Å². The molecule has 0 bridgehead atoms. The van der Waals surface area contributed by atoms with Gasteiger partial charge in [-0.3, -0.25) is 9.59 Å². The quantitative estimate of drug-likeness (QED) is 0.677. The molecule has 1 aromatic carbocycles. The number of sulfone groups is 1. The normalized spacial score (nSPS) is 10.4.